The van der Waals surface area contributed by atoms with Crippen LogP contribution in [0.15, 0.2) is 29.1 Å². The molecule has 4 nitrogen and oxygen atoms in total. The van der Waals surface area contributed by atoms with Crippen molar-refractivity contribution in [1.29, 1.82) is 0 Å². The Kier molecular flexibility index (Phi) is 3.92. The first-order chi connectivity index (χ1) is 10.5. The molecular weight excluding hydrogens is 290 g/mol. The van der Waals surface area contributed by atoms with E-state index in [2.05, 4.69) is 4.98 Å². The van der Waals surface area contributed by atoms with Crippen molar-refractivity contribution < 1.29 is 13.9 Å². The molecule has 0 bridgehead atoms. The zero-order chi connectivity index (χ0) is 15.7. The Bertz CT molecular complexity index is 732. The maximum Gasteiger partial charge on any atom is 0.261 e. The smallest absolute Gasteiger partial charge is 0.261 e. The maximum absolute atomic E-state index is 13.5. The average molecular weight is 306 g/mol. The van der Waals surface area contributed by atoms with Crippen LogP contribution in [0.5, 0.6) is 5.88 Å². The summed E-state index contributed by atoms with van der Waals surface area (Å²) in [5.41, 5.74) is -0.450. The predicted molar refractivity (Wildman–Crippen MR) is 77.2 cm³/mol. The summed E-state index contributed by atoms with van der Waals surface area (Å²) in [6, 6.07) is 3.89. The van der Waals surface area contributed by atoms with Gasteiger partial charge < -0.3 is 5.11 Å². The molecule has 1 heterocycles. The lowest BCUT2D eigenvalue weighted by atomic mass is 9.88. The summed E-state index contributed by atoms with van der Waals surface area (Å²) < 4.78 is 28.1. The molecule has 0 unspecified atom stereocenters. The summed E-state index contributed by atoms with van der Waals surface area (Å²) in [6.45, 7) is 0. The Hall–Kier alpha value is -2.24. The normalized spacial score (nSPS) is 15.9. The van der Waals surface area contributed by atoms with Crippen LogP contribution in [0.3, 0.4) is 0 Å². The molecule has 0 aliphatic heterocycles. The average Bonchev–Trinajstić information content (AvgIpc) is 2.46. The first kappa shape index (κ1) is 14.7. The van der Waals surface area contributed by atoms with Crippen LogP contribution >= 0.6 is 0 Å². The predicted octanol–water partition coefficient (Wildman–Crippen LogP) is 3.26. The van der Waals surface area contributed by atoms with Crippen molar-refractivity contribution in [3.05, 3.63) is 52.1 Å². The minimum absolute atomic E-state index is 0.000112. The van der Waals surface area contributed by atoms with Gasteiger partial charge in [0.15, 0.2) is 0 Å². The van der Waals surface area contributed by atoms with Gasteiger partial charge >= 0.3 is 0 Å². The number of hydrogen-bond acceptors (Lipinski definition) is 3. The lowest BCUT2D eigenvalue weighted by Gasteiger charge is -2.24. The van der Waals surface area contributed by atoms with E-state index in [9.17, 15) is 18.7 Å². The number of rotatable bonds is 2. The van der Waals surface area contributed by atoms with E-state index in [0.29, 0.717) is 5.82 Å². The fourth-order valence-electron chi connectivity index (χ4n) is 3.05. The SMILES string of the molecule is O=c1cc(O)nc(C2CCCCC2)n1-c1cc(F)cc(F)c1. The van der Waals surface area contributed by atoms with E-state index in [1.165, 1.54) is 4.57 Å². The fourth-order valence-corrected chi connectivity index (χ4v) is 3.05. The van der Waals surface area contributed by atoms with Crippen molar-refractivity contribution in [2.45, 2.75) is 38.0 Å². The van der Waals surface area contributed by atoms with Gasteiger partial charge in [-0.3, -0.25) is 9.36 Å². The molecule has 1 aromatic carbocycles. The van der Waals surface area contributed by atoms with Crippen molar-refractivity contribution in [3.8, 4) is 11.6 Å². The molecule has 116 valence electrons. The maximum atomic E-state index is 13.5. The number of aromatic hydroxyl groups is 1. The second-order valence-corrected chi connectivity index (χ2v) is 5.61. The van der Waals surface area contributed by atoms with E-state index in [1.807, 2.05) is 0 Å². The van der Waals surface area contributed by atoms with E-state index in [1.54, 1.807) is 0 Å². The number of halogens is 2. The molecule has 0 amide bonds. The van der Waals surface area contributed by atoms with Crippen LogP contribution in [0.2, 0.25) is 0 Å². The summed E-state index contributed by atoms with van der Waals surface area (Å²) in [5, 5.41) is 9.63. The number of benzene rings is 1. The minimum Gasteiger partial charge on any atom is -0.493 e. The van der Waals surface area contributed by atoms with Gasteiger partial charge in [-0.15, -0.1) is 0 Å². The molecular formula is C16H16F2N2O2. The summed E-state index contributed by atoms with van der Waals surface area (Å²) in [5.74, 6) is -1.51. The highest BCUT2D eigenvalue weighted by molar-refractivity contribution is 5.35. The molecule has 6 heteroatoms. The number of hydrogen-bond donors (Lipinski definition) is 1. The van der Waals surface area contributed by atoms with Gasteiger partial charge in [0.05, 0.1) is 11.8 Å². The van der Waals surface area contributed by atoms with Gasteiger partial charge in [-0.05, 0) is 25.0 Å². The van der Waals surface area contributed by atoms with Crippen LogP contribution in [-0.2, 0) is 0 Å². The molecule has 22 heavy (non-hydrogen) atoms. The highest BCUT2D eigenvalue weighted by atomic mass is 19.1. The second kappa shape index (κ2) is 5.87. The van der Waals surface area contributed by atoms with E-state index in [-0.39, 0.29) is 17.5 Å². The third-order valence-corrected chi connectivity index (χ3v) is 4.01. The number of aromatic nitrogens is 2. The lowest BCUT2D eigenvalue weighted by Crippen LogP contribution is -2.25. The molecule has 1 aromatic heterocycles. The van der Waals surface area contributed by atoms with Crippen LogP contribution in [0.4, 0.5) is 8.78 Å². The third kappa shape index (κ3) is 2.86. The van der Waals surface area contributed by atoms with Crippen molar-refractivity contribution >= 4 is 0 Å². The molecule has 1 aliphatic rings. The Morgan fingerprint density at radius 3 is 2.32 bits per heavy atom. The molecule has 1 fully saturated rings. The molecule has 3 rings (SSSR count). The molecule has 0 atom stereocenters. The standard InChI is InChI=1S/C16H16F2N2O2/c17-11-6-12(18)8-13(7-11)20-15(22)9-14(21)19-16(20)10-4-2-1-3-5-10/h6-10,21H,1-5H2. The van der Waals surface area contributed by atoms with Crippen molar-refractivity contribution in [2.75, 3.05) is 0 Å². The van der Waals surface area contributed by atoms with E-state index in [4.69, 9.17) is 0 Å². The van der Waals surface area contributed by atoms with Crippen LogP contribution < -0.4 is 5.56 Å². The van der Waals surface area contributed by atoms with Gasteiger partial charge in [0.2, 0.25) is 5.88 Å². The second-order valence-electron chi connectivity index (χ2n) is 5.61. The summed E-state index contributed by atoms with van der Waals surface area (Å²) >= 11 is 0. The van der Waals surface area contributed by atoms with Crippen LogP contribution in [0.1, 0.15) is 43.8 Å². The largest absolute Gasteiger partial charge is 0.493 e. The Morgan fingerprint density at radius 2 is 1.68 bits per heavy atom. The van der Waals surface area contributed by atoms with Crippen molar-refractivity contribution in [2.24, 2.45) is 0 Å². The van der Waals surface area contributed by atoms with Crippen LogP contribution in [0.25, 0.3) is 5.69 Å². The quantitative estimate of drug-likeness (QED) is 0.926. The molecule has 0 saturated heterocycles. The topological polar surface area (TPSA) is 55.1 Å². The molecule has 1 aliphatic carbocycles. The Morgan fingerprint density at radius 1 is 1.05 bits per heavy atom. The van der Waals surface area contributed by atoms with Gasteiger partial charge in [0.1, 0.15) is 17.5 Å². The summed E-state index contributed by atoms with van der Waals surface area (Å²) in [7, 11) is 0. The minimum atomic E-state index is -0.760. The molecule has 0 radical (unpaired) electrons. The highest BCUT2D eigenvalue weighted by Gasteiger charge is 2.23. The first-order valence-corrected chi connectivity index (χ1v) is 7.34. The summed E-state index contributed by atoms with van der Waals surface area (Å²) in [6.07, 6.45) is 4.82. The number of nitrogens with zero attached hydrogens (tertiary/aromatic N) is 2. The van der Waals surface area contributed by atoms with E-state index in [0.717, 1.165) is 56.4 Å². The lowest BCUT2D eigenvalue weighted by molar-refractivity contribution is 0.402. The first-order valence-electron chi connectivity index (χ1n) is 7.34. The highest BCUT2D eigenvalue weighted by Crippen LogP contribution is 2.32. The fraction of sp³-hybridized carbons (Fsp3) is 0.375. The Labute approximate surface area is 126 Å². The van der Waals surface area contributed by atoms with E-state index >= 15 is 0 Å². The van der Waals surface area contributed by atoms with Gasteiger partial charge in [-0.2, -0.15) is 4.98 Å². The molecule has 2 aromatic rings. The Balaban J connectivity index is 2.18. The summed E-state index contributed by atoms with van der Waals surface area (Å²) in [4.78, 5) is 16.3. The van der Waals surface area contributed by atoms with Crippen molar-refractivity contribution in [3.63, 3.8) is 0 Å². The van der Waals surface area contributed by atoms with Crippen LogP contribution in [0, 0.1) is 11.6 Å². The molecule has 1 N–H and O–H groups in total. The van der Waals surface area contributed by atoms with Gasteiger partial charge in [0, 0.05) is 12.0 Å². The zero-order valence-electron chi connectivity index (χ0n) is 11.9. The van der Waals surface area contributed by atoms with Crippen molar-refractivity contribution in [1.82, 2.24) is 9.55 Å². The zero-order valence-corrected chi connectivity index (χ0v) is 11.9. The van der Waals surface area contributed by atoms with Crippen LogP contribution in [-0.4, -0.2) is 14.7 Å². The monoisotopic (exact) mass is 306 g/mol. The third-order valence-electron chi connectivity index (χ3n) is 4.01. The van der Waals surface area contributed by atoms with Gasteiger partial charge in [0.25, 0.3) is 5.56 Å². The molecule has 0 spiro atoms. The van der Waals surface area contributed by atoms with Gasteiger partial charge in [-0.1, -0.05) is 19.3 Å². The van der Waals surface area contributed by atoms with E-state index < -0.39 is 17.2 Å². The van der Waals surface area contributed by atoms with Gasteiger partial charge in [-0.25, -0.2) is 8.78 Å². The molecule has 1 saturated carbocycles.